The van der Waals surface area contributed by atoms with Gasteiger partial charge in [-0.05, 0) is 37.0 Å². The number of likely N-dealkylation sites (tertiary alicyclic amines) is 1. The number of aromatic nitrogens is 3. The van der Waals surface area contributed by atoms with Crippen LogP contribution in [0.25, 0.3) is 11.0 Å². The average Bonchev–Trinajstić information content (AvgIpc) is 3.87. The molecule has 3 aliphatic rings. The van der Waals surface area contributed by atoms with Gasteiger partial charge in [0.1, 0.15) is 30.4 Å². The Kier molecular flexibility index (Phi) is 11.0. The second-order valence-corrected chi connectivity index (χ2v) is 14.4. The number of carbonyl (C=O) groups excluding carboxylic acids is 4. The Morgan fingerprint density at radius 3 is 2.63 bits per heavy atom. The van der Waals surface area contributed by atoms with Crippen molar-refractivity contribution in [1.82, 2.24) is 30.1 Å². The van der Waals surface area contributed by atoms with Crippen molar-refractivity contribution in [3.63, 3.8) is 0 Å². The van der Waals surface area contributed by atoms with E-state index >= 15 is 0 Å². The van der Waals surface area contributed by atoms with Crippen molar-refractivity contribution in [3.05, 3.63) is 85.5 Å². The molecule has 4 heterocycles. The molecule has 3 aromatic rings. The van der Waals surface area contributed by atoms with Crippen molar-refractivity contribution < 1.29 is 33.8 Å². The number of aliphatic hydroxyl groups is 1. The van der Waals surface area contributed by atoms with E-state index in [4.69, 9.17) is 9.47 Å². The second-order valence-electron chi connectivity index (χ2n) is 13.2. The van der Waals surface area contributed by atoms with Gasteiger partial charge in [-0.2, -0.15) is 0 Å². The third kappa shape index (κ3) is 6.72. The van der Waals surface area contributed by atoms with Gasteiger partial charge in [-0.15, -0.1) is 18.3 Å². The van der Waals surface area contributed by atoms with Crippen molar-refractivity contribution in [1.29, 1.82) is 0 Å². The summed E-state index contributed by atoms with van der Waals surface area (Å²) in [6.45, 7) is 9.01. The Labute approximate surface area is 304 Å². The summed E-state index contributed by atoms with van der Waals surface area (Å²) in [5.74, 6) is -3.69. The maximum absolute atomic E-state index is 14.9. The zero-order valence-electron chi connectivity index (χ0n) is 28.5. The van der Waals surface area contributed by atoms with E-state index in [1.54, 1.807) is 21.7 Å². The van der Waals surface area contributed by atoms with Gasteiger partial charge in [-0.1, -0.05) is 82.7 Å². The van der Waals surface area contributed by atoms with Gasteiger partial charge in [0.15, 0.2) is 0 Å². The largest absolute Gasteiger partial charge is 0.463 e. The molecule has 270 valence electrons. The average molecular weight is 764 g/mol. The topological polar surface area (TPSA) is 156 Å². The van der Waals surface area contributed by atoms with Crippen LogP contribution < -0.4 is 5.32 Å². The third-order valence-corrected chi connectivity index (χ3v) is 11.1. The molecule has 3 fully saturated rings. The number of aliphatic hydroxyl groups excluding tert-OH is 1. The molecule has 2 aromatic carbocycles. The minimum absolute atomic E-state index is 0.0237. The van der Waals surface area contributed by atoms with Crippen LogP contribution in [0.3, 0.4) is 0 Å². The molecule has 3 aliphatic heterocycles. The Balaban J connectivity index is 1.33. The number of ether oxygens (including phenoxy) is 2. The van der Waals surface area contributed by atoms with Gasteiger partial charge in [-0.25, -0.2) is 4.68 Å². The molecule has 8 atom stereocenters. The number of nitrogens with zero attached hydrogens (tertiary/aromatic N) is 5. The maximum atomic E-state index is 14.9. The maximum Gasteiger partial charge on any atom is 0.306 e. The number of esters is 1. The minimum atomic E-state index is -1.36. The molecule has 2 bridgehead atoms. The lowest BCUT2D eigenvalue weighted by Gasteiger charge is -2.39. The van der Waals surface area contributed by atoms with Gasteiger partial charge in [0.2, 0.25) is 17.7 Å². The summed E-state index contributed by atoms with van der Waals surface area (Å²) in [5, 5.41) is 22.0. The molecular weight excluding hydrogens is 720 g/mol. The minimum Gasteiger partial charge on any atom is -0.463 e. The van der Waals surface area contributed by atoms with Gasteiger partial charge in [0.05, 0.1) is 42.1 Å². The molecule has 0 saturated carbocycles. The molecule has 14 heteroatoms. The highest BCUT2D eigenvalue weighted by atomic mass is 79.9. The van der Waals surface area contributed by atoms with Gasteiger partial charge >= 0.3 is 5.97 Å². The molecule has 0 radical (unpaired) electrons. The molecule has 13 nitrogen and oxygen atoms in total. The lowest BCUT2D eigenvalue weighted by atomic mass is 9.70. The van der Waals surface area contributed by atoms with E-state index in [9.17, 15) is 24.3 Å². The Hall–Kier alpha value is -4.40. The summed E-state index contributed by atoms with van der Waals surface area (Å²) in [7, 11) is 0. The van der Waals surface area contributed by atoms with Crippen molar-refractivity contribution in [2.24, 2.45) is 11.8 Å². The first-order valence-electron chi connectivity index (χ1n) is 17.2. The number of amides is 3. The lowest BCUT2D eigenvalue weighted by molar-refractivity contribution is -0.152. The van der Waals surface area contributed by atoms with Crippen LogP contribution >= 0.6 is 15.9 Å². The predicted octanol–water partition coefficient (Wildman–Crippen LogP) is 3.29. The summed E-state index contributed by atoms with van der Waals surface area (Å²) in [6.07, 6.45) is 3.80. The number of carbonyl (C=O) groups is 4. The number of allylic oxidation sites excluding steroid dienone is 1. The van der Waals surface area contributed by atoms with Gasteiger partial charge in [0, 0.05) is 17.8 Å². The number of benzene rings is 2. The van der Waals surface area contributed by atoms with E-state index in [2.05, 4.69) is 44.7 Å². The monoisotopic (exact) mass is 762 g/mol. The normalized spacial score (nSPS) is 26.1. The van der Waals surface area contributed by atoms with Crippen LogP contribution in [0.5, 0.6) is 0 Å². The first-order chi connectivity index (χ1) is 24.7. The molecule has 2 N–H and O–H groups in total. The third-order valence-electron chi connectivity index (χ3n) is 10.2. The zero-order valence-corrected chi connectivity index (χ0v) is 30.1. The number of hydrogen-bond donors (Lipinski definition) is 2. The van der Waals surface area contributed by atoms with Crippen molar-refractivity contribution in [2.45, 2.75) is 73.9 Å². The number of alkyl halides is 1. The van der Waals surface area contributed by atoms with Gasteiger partial charge in [-0.3, -0.25) is 19.2 Å². The molecule has 3 amide bonds. The fourth-order valence-electron chi connectivity index (χ4n) is 7.83. The van der Waals surface area contributed by atoms with E-state index in [0.29, 0.717) is 24.8 Å². The van der Waals surface area contributed by atoms with Crippen LogP contribution in [-0.2, 0) is 35.3 Å². The van der Waals surface area contributed by atoms with Gasteiger partial charge < -0.3 is 29.7 Å². The smallest absolute Gasteiger partial charge is 0.306 e. The lowest BCUT2D eigenvalue weighted by Crippen LogP contribution is -2.59. The van der Waals surface area contributed by atoms with E-state index in [0.717, 1.165) is 11.1 Å². The number of para-hydroxylation sites is 1. The van der Waals surface area contributed by atoms with Crippen LogP contribution in [0.1, 0.15) is 44.2 Å². The predicted molar refractivity (Wildman–Crippen MR) is 191 cm³/mol. The first-order valence-corrected chi connectivity index (χ1v) is 18.1. The van der Waals surface area contributed by atoms with Crippen molar-refractivity contribution >= 4 is 50.7 Å². The van der Waals surface area contributed by atoms with E-state index in [1.165, 1.54) is 4.90 Å². The fraction of sp³-hybridized carbons (Fsp3) is 0.459. The van der Waals surface area contributed by atoms with E-state index in [1.807, 2.05) is 61.5 Å². The van der Waals surface area contributed by atoms with Crippen LogP contribution in [-0.4, -0.2) is 102 Å². The second kappa shape index (κ2) is 15.5. The number of halogens is 1. The quantitative estimate of drug-likeness (QED) is 0.127. The SMILES string of the molecule is C=CCCC(=O)OC[C@H](NC(=O)[C@H]1[C@@H]2O[C@@]3(CC2Br)[C@@H]1C(=O)N([C@@H](CC)CO)[C@@H]3C(=O)N(CC=C)Cn1nnc2ccccc21)c1ccccc1. The summed E-state index contributed by atoms with van der Waals surface area (Å²) in [5.41, 5.74) is 0.753. The van der Waals surface area contributed by atoms with Crippen LogP contribution in [0.15, 0.2) is 79.9 Å². The summed E-state index contributed by atoms with van der Waals surface area (Å²) in [4.78, 5) is 59.0. The number of nitrogens with one attached hydrogen (secondary N) is 1. The molecule has 1 unspecified atom stereocenters. The van der Waals surface area contributed by atoms with Crippen LogP contribution in [0, 0.1) is 11.8 Å². The summed E-state index contributed by atoms with van der Waals surface area (Å²) >= 11 is 3.73. The summed E-state index contributed by atoms with van der Waals surface area (Å²) in [6, 6.07) is 14.0. The number of rotatable bonds is 16. The Morgan fingerprint density at radius 1 is 1.18 bits per heavy atom. The molecule has 1 spiro atoms. The Morgan fingerprint density at radius 2 is 1.92 bits per heavy atom. The highest BCUT2D eigenvalue weighted by Crippen LogP contribution is 2.60. The molecule has 0 aliphatic carbocycles. The highest BCUT2D eigenvalue weighted by molar-refractivity contribution is 9.09. The molecule has 1 aromatic heterocycles. The Bertz CT molecular complexity index is 1780. The highest BCUT2D eigenvalue weighted by Gasteiger charge is 2.77. The van der Waals surface area contributed by atoms with Crippen LogP contribution in [0.4, 0.5) is 0 Å². The van der Waals surface area contributed by atoms with Crippen LogP contribution in [0.2, 0.25) is 0 Å². The van der Waals surface area contributed by atoms with Gasteiger partial charge in [0.25, 0.3) is 0 Å². The number of fused-ring (bicyclic) bond motifs is 2. The standard InChI is InChI=1S/C37H43BrN6O7/c1-4-7-17-29(46)50-21-27(23-13-9-8-10-14-23)39-34(47)30-31-35(48)44(24(6-3)20-45)33(37(31)19-25(38)32(30)51-37)36(49)42(18-5-2)22-43-28-16-12-11-15-26(28)40-41-43/h4-5,8-16,24-25,27,30-33,45H,1-2,6-7,17-22H2,3H3,(H,39,47)/t24-,25?,27-,30+,31-,32+,33+,37-/m0/s1. The molecule has 51 heavy (non-hydrogen) atoms. The fourth-order valence-corrected chi connectivity index (χ4v) is 8.77. The van der Waals surface area contributed by atoms with E-state index in [-0.39, 0.29) is 37.7 Å². The zero-order chi connectivity index (χ0) is 36.3. The molecule has 3 saturated heterocycles. The summed E-state index contributed by atoms with van der Waals surface area (Å²) < 4.78 is 13.9. The first kappa shape index (κ1) is 36.4. The van der Waals surface area contributed by atoms with E-state index < -0.39 is 65.4 Å². The molecule has 6 rings (SSSR count). The van der Waals surface area contributed by atoms with Crippen molar-refractivity contribution in [3.8, 4) is 0 Å². The van der Waals surface area contributed by atoms with Crippen molar-refractivity contribution in [2.75, 3.05) is 19.8 Å². The molecular formula is C37H43BrN6O7. The number of hydrogen-bond acceptors (Lipinski definition) is 9.